The largest absolute Gasteiger partial charge is 0.462 e. The summed E-state index contributed by atoms with van der Waals surface area (Å²) in [7, 11) is 0. The molecule has 5 heteroatoms. The lowest BCUT2D eigenvalue weighted by atomic mass is 9.69. The average molecular weight is 434 g/mol. The van der Waals surface area contributed by atoms with Crippen LogP contribution in [-0.4, -0.2) is 42.6 Å². The van der Waals surface area contributed by atoms with Crippen LogP contribution >= 0.6 is 0 Å². The second-order valence-corrected chi connectivity index (χ2v) is 7.60. The Kier molecular flexibility index (Phi) is 7.52. The van der Waals surface area contributed by atoms with Gasteiger partial charge in [-0.25, -0.2) is 9.59 Å². The summed E-state index contributed by atoms with van der Waals surface area (Å²) < 4.78 is 10.7. The fourth-order valence-corrected chi connectivity index (χ4v) is 4.53. The third-order valence-corrected chi connectivity index (χ3v) is 5.99. The molecule has 2 aromatic carbocycles. The van der Waals surface area contributed by atoms with Gasteiger partial charge in [-0.05, 0) is 44.9 Å². The third kappa shape index (κ3) is 4.20. The van der Waals surface area contributed by atoms with Gasteiger partial charge in [0.1, 0.15) is 5.70 Å². The van der Waals surface area contributed by atoms with Gasteiger partial charge in [0.15, 0.2) is 0 Å². The zero-order valence-corrected chi connectivity index (χ0v) is 19.2. The van der Waals surface area contributed by atoms with Crippen molar-refractivity contribution < 1.29 is 19.1 Å². The second-order valence-electron chi connectivity index (χ2n) is 7.60. The average Bonchev–Trinajstić information content (AvgIpc) is 2.95. The second kappa shape index (κ2) is 10.3. The Labute approximate surface area is 190 Å². The molecule has 0 spiro atoms. The predicted octanol–water partition coefficient (Wildman–Crippen LogP) is 4.63. The highest BCUT2D eigenvalue weighted by molar-refractivity contribution is 6.02. The zero-order valence-electron chi connectivity index (χ0n) is 19.2. The van der Waals surface area contributed by atoms with Crippen molar-refractivity contribution in [1.82, 2.24) is 4.90 Å². The Morgan fingerprint density at radius 3 is 1.81 bits per heavy atom. The van der Waals surface area contributed by atoms with E-state index in [9.17, 15) is 9.59 Å². The maximum absolute atomic E-state index is 13.1. The van der Waals surface area contributed by atoms with E-state index in [1.54, 1.807) is 19.9 Å². The van der Waals surface area contributed by atoms with Gasteiger partial charge < -0.3 is 14.4 Å². The number of rotatable bonds is 7. The lowest BCUT2D eigenvalue weighted by Crippen LogP contribution is -2.49. The Hall–Kier alpha value is -3.34. The van der Waals surface area contributed by atoms with E-state index in [1.165, 1.54) is 0 Å². The lowest BCUT2D eigenvalue weighted by molar-refractivity contribution is -0.143. The minimum Gasteiger partial charge on any atom is -0.462 e. The summed E-state index contributed by atoms with van der Waals surface area (Å²) in [5.41, 5.74) is 1.99. The van der Waals surface area contributed by atoms with Crippen LogP contribution in [0.2, 0.25) is 0 Å². The van der Waals surface area contributed by atoms with Crippen molar-refractivity contribution in [3.8, 4) is 0 Å². The van der Waals surface area contributed by atoms with Gasteiger partial charge in [0.25, 0.3) is 0 Å². The van der Waals surface area contributed by atoms with Gasteiger partial charge in [0.2, 0.25) is 0 Å². The molecule has 1 aliphatic heterocycles. The summed E-state index contributed by atoms with van der Waals surface area (Å²) in [5, 5.41) is 0. The van der Waals surface area contributed by atoms with Crippen molar-refractivity contribution in [3.63, 3.8) is 0 Å². The molecule has 0 bridgehead atoms. The number of ether oxygens (including phenoxy) is 2. The quantitative estimate of drug-likeness (QED) is 0.596. The number of esters is 2. The summed E-state index contributed by atoms with van der Waals surface area (Å²) in [4.78, 5) is 28.0. The highest BCUT2D eigenvalue weighted by Gasteiger charge is 2.45. The fourth-order valence-electron chi connectivity index (χ4n) is 4.53. The molecule has 32 heavy (non-hydrogen) atoms. The molecule has 0 saturated heterocycles. The Bertz CT molecular complexity index is 955. The summed E-state index contributed by atoms with van der Waals surface area (Å²) in [6.07, 6.45) is 3.76. The molecule has 0 saturated carbocycles. The van der Waals surface area contributed by atoms with Crippen molar-refractivity contribution in [2.75, 3.05) is 19.8 Å². The molecule has 0 fully saturated rings. The van der Waals surface area contributed by atoms with Crippen molar-refractivity contribution in [3.05, 3.63) is 95.2 Å². The first-order valence-corrected chi connectivity index (χ1v) is 11.2. The van der Waals surface area contributed by atoms with E-state index < -0.39 is 17.4 Å². The molecule has 0 aliphatic carbocycles. The Morgan fingerprint density at radius 1 is 0.844 bits per heavy atom. The summed E-state index contributed by atoms with van der Waals surface area (Å²) in [5.74, 6) is -1.06. The number of nitrogens with zero attached hydrogens (tertiary/aromatic N) is 1. The van der Waals surface area contributed by atoms with Gasteiger partial charge in [-0.2, -0.15) is 0 Å². The number of carbonyl (C=O) groups is 2. The Balaban J connectivity index is 2.31. The molecule has 0 N–H and O–H groups in total. The van der Waals surface area contributed by atoms with E-state index in [0.717, 1.165) is 11.1 Å². The fraction of sp³-hybridized carbons (Fsp3) is 0.333. The highest BCUT2D eigenvalue weighted by atomic mass is 16.5. The van der Waals surface area contributed by atoms with Crippen molar-refractivity contribution >= 4 is 11.9 Å². The third-order valence-electron chi connectivity index (χ3n) is 5.99. The zero-order chi connectivity index (χ0) is 23.1. The van der Waals surface area contributed by atoms with Crippen LogP contribution in [-0.2, 0) is 24.5 Å². The van der Waals surface area contributed by atoms with Gasteiger partial charge in [0, 0.05) is 12.6 Å². The SMILES string of the molecule is CCOC(=O)C1=C(C(=O)OCC)N(CC)C(C)C(c2ccccc2)(c2ccccc2)C=C1. The molecular formula is C27H31NO4. The van der Waals surface area contributed by atoms with E-state index in [4.69, 9.17) is 9.47 Å². The molecule has 2 aromatic rings. The molecule has 168 valence electrons. The first-order chi connectivity index (χ1) is 15.5. The van der Waals surface area contributed by atoms with Gasteiger partial charge in [-0.3, -0.25) is 0 Å². The molecule has 0 aromatic heterocycles. The smallest absolute Gasteiger partial charge is 0.355 e. The molecule has 0 radical (unpaired) electrons. The van der Waals surface area contributed by atoms with Crippen LogP contribution in [0.4, 0.5) is 0 Å². The molecule has 0 amide bonds. The number of hydrogen-bond acceptors (Lipinski definition) is 5. The van der Waals surface area contributed by atoms with Crippen LogP contribution < -0.4 is 0 Å². The number of carbonyl (C=O) groups excluding carboxylic acids is 2. The van der Waals surface area contributed by atoms with Crippen molar-refractivity contribution in [2.45, 2.75) is 39.2 Å². The molecule has 1 aliphatic rings. The summed E-state index contributed by atoms with van der Waals surface area (Å²) in [6.45, 7) is 8.52. The predicted molar refractivity (Wildman–Crippen MR) is 125 cm³/mol. The standard InChI is InChI=1S/C27H31NO4/c1-5-28-20(4)27(21-14-10-8-11-15-21,22-16-12-9-13-17-22)19-18-23(25(29)31-6-2)24(28)26(30)32-7-3/h8-20H,5-7H2,1-4H3. The molecular weight excluding hydrogens is 402 g/mol. The maximum atomic E-state index is 13.1. The number of likely N-dealkylation sites (N-methyl/N-ethyl adjacent to an activating group) is 1. The molecule has 3 rings (SSSR count). The van der Waals surface area contributed by atoms with Gasteiger partial charge >= 0.3 is 11.9 Å². The van der Waals surface area contributed by atoms with Crippen molar-refractivity contribution in [1.29, 1.82) is 0 Å². The van der Waals surface area contributed by atoms with Crippen LogP contribution in [0, 0.1) is 0 Å². The van der Waals surface area contributed by atoms with Crippen LogP contribution in [0.1, 0.15) is 38.8 Å². The van der Waals surface area contributed by atoms with E-state index in [0.29, 0.717) is 6.54 Å². The van der Waals surface area contributed by atoms with Gasteiger partial charge in [0.05, 0.1) is 24.2 Å². The molecule has 1 unspecified atom stereocenters. The maximum Gasteiger partial charge on any atom is 0.355 e. The van der Waals surface area contributed by atoms with Crippen LogP contribution in [0.3, 0.4) is 0 Å². The molecule has 5 nitrogen and oxygen atoms in total. The first-order valence-electron chi connectivity index (χ1n) is 11.2. The highest BCUT2D eigenvalue weighted by Crippen LogP contribution is 2.43. The van der Waals surface area contributed by atoms with E-state index in [-0.39, 0.29) is 30.5 Å². The normalized spacial score (nSPS) is 17.6. The van der Waals surface area contributed by atoms with Crippen LogP contribution in [0.15, 0.2) is 84.1 Å². The lowest BCUT2D eigenvalue weighted by Gasteiger charge is -2.44. The van der Waals surface area contributed by atoms with Gasteiger partial charge in [-0.15, -0.1) is 0 Å². The van der Waals surface area contributed by atoms with E-state index in [1.807, 2.05) is 54.3 Å². The number of hydrogen-bond donors (Lipinski definition) is 0. The topological polar surface area (TPSA) is 55.8 Å². The minimum atomic E-state index is -0.607. The molecule has 1 atom stereocenters. The Morgan fingerprint density at radius 2 is 1.34 bits per heavy atom. The summed E-state index contributed by atoms with van der Waals surface area (Å²) >= 11 is 0. The molecule has 1 heterocycles. The minimum absolute atomic E-state index is 0.195. The van der Waals surface area contributed by atoms with Gasteiger partial charge in [-0.1, -0.05) is 66.7 Å². The van der Waals surface area contributed by atoms with Crippen LogP contribution in [0.5, 0.6) is 0 Å². The van der Waals surface area contributed by atoms with E-state index in [2.05, 4.69) is 31.2 Å². The van der Waals surface area contributed by atoms with Crippen LogP contribution in [0.25, 0.3) is 0 Å². The number of benzene rings is 2. The summed E-state index contributed by atoms with van der Waals surface area (Å²) in [6, 6.07) is 20.1. The first kappa shape index (κ1) is 23.3. The monoisotopic (exact) mass is 433 g/mol. The van der Waals surface area contributed by atoms with E-state index >= 15 is 0 Å². The van der Waals surface area contributed by atoms with Crippen molar-refractivity contribution in [2.24, 2.45) is 0 Å².